The van der Waals surface area contributed by atoms with Crippen molar-refractivity contribution >= 4 is 40.9 Å². The Labute approximate surface area is 231 Å². The lowest BCUT2D eigenvalue weighted by Gasteiger charge is -2.35. The summed E-state index contributed by atoms with van der Waals surface area (Å²) >= 11 is 6.24. The maximum Gasteiger partial charge on any atom is 0.271 e. The summed E-state index contributed by atoms with van der Waals surface area (Å²) in [5.74, 6) is -3.25. The molecule has 0 aromatic heterocycles. The van der Waals surface area contributed by atoms with E-state index in [1.807, 2.05) is 13.0 Å². The Morgan fingerprint density at radius 3 is 2.62 bits per heavy atom. The molecule has 2 aliphatic rings. The van der Waals surface area contributed by atoms with Crippen molar-refractivity contribution in [1.82, 2.24) is 0 Å². The van der Waals surface area contributed by atoms with Gasteiger partial charge in [-0.1, -0.05) is 41.8 Å². The second-order valence-corrected chi connectivity index (χ2v) is 10.5. The number of carbonyl (C=O) groups is 2. The highest BCUT2D eigenvalue weighted by atomic mass is 35.5. The van der Waals surface area contributed by atoms with Gasteiger partial charge in [0.25, 0.3) is 5.69 Å². The average molecular weight is 555 g/mol. The van der Waals surface area contributed by atoms with Crippen LogP contribution in [0, 0.1) is 27.9 Å². The van der Waals surface area contributed by atoms with Crippen LogP contribution in [0.5, 0.6) is 5.75 Å². The molecule has 0 radical (unpaired) electrons. The number of halogens is 1. The van der Waals surface area contributed by atoms with Crippen molar-refractivity contribution in [3.05, 3.63) is 79.9 Å². The van der Waals surface area contributed by atoms with Gasteiger partial charge in [0.15, 0.2) is 0 Å². The zero-order valence-electron chi connectivity index (χ0n) is 21.7. The van der Waals surface area contributed by atoms with Gasteiger partial charge >= 0.3 is 0 Å². The van der Waals surface area contributed by atoms with E-state index in [1.54, 1.807) is 19.1 Å². The van der Waals surface area contributed by atoms with Crippen LogP contribution in [0.3, 0.4) is 0 Å². The van der Waals surface area contributed by atoms with Crippen LogP contribution < -0.4 is 4.90 Å². The molecule has 4 rings (SSSR count). The van der Waals surface area contributed by atoms with Crippen LogP contribution in [0.25, 0.3) is 6.08 Å². The van der Waals surface area contributed by atoms with Gasteiger partial charge in [-0.2, -0.15) is 0 Å². The van der Waals surface area contributed by atoms with E-state index < -0.39 is 47.2 Å². The highest BCUT2D eigenvalue weighted by Crippen LogP contribution is 2.47. The lowest BCUT2D eigenvalue weighted by molar-refractivity contribution is -0.384. The molecule has 0 saturated carbocycles. The molecule has 0 spiro atoms. The summed E-state index contributed by atoms with van der Waals surface area (Å²) in [7, 11) is 0. The topological polar surface area (TPSA) is 141 Å². The third-order valence-electron chi connectivity index (χ3n) is 7.72. The molecular weight excluding hydrogens is 524 g/mol. The molecule has 1 heterocycles. The molecule has 1 fully saturated rings. The van der Waals surface area contributed by atoms with Crippen LogP contribution in [0.15, 0.2) is 59.2 Å². The fraction of sp³-hybridized carbons (Fsp3) is 0.379. The van der Waals surface area contributed by atoms with Crippen LogP contribution in [0.2, 0.25) is 5.02 Å². The van der Waals surface area contributed by atoms with E-state index in [9.17, 15) is 35.0 Å². The minimum Gasteiger partial charge on any atom is -0.508 e. The number of hydrogen-bond donors (Lipinski definition) is 3. The van der Waals surface area contributed by atoms with Gasteiger partial charge in [0.1, 0.15) is 5.75 Å². The molecule has 0 bridgehead atoms. The van der Waals surface area contributed by atoms with Crippen molar-refractivity contribution in [2.24, 2.45) is 17.8 Å². The first kappa shape index (κ1) is 28.5. The molecule has 1 aliphatic carbocycles. The van der Waals surface area contributed by atoms with Gasteiger partial charge in [-0.25, -0.2) is 4.90 Å². The van der Waals surface area contributed by atoms with E-state index in [4.69, 9.17) is 11.6 Å². The van der Waals surface area contributed by atoms with Crippen molar-refractivity contribution in [2.45, 2.75) is 45.6 Å². The molecular formula is C29H31ClN2O7. The van der Waals surface area contributed by atoms with E-state index in [0.29, 0.717) is 29.9 Å². The highest BCUT2D eigenvalue weighted by Gasteiger charge is 2.55. The molecule has 3 N–H and O–H groups in total. The zero-order valence-corrected chi connectivity index (χ0v) is 22.5. The van der Waals surface area contributed by atoms with Crippen LogP contribution in [-0.4, -0.2) is 44.8 Å². The minimum absolute atomic E-state index is 0.0719. The summed E-state index contributed by atoms with van der Waals surface area (Å²) in [5, 5.41) is 42.9. The number of benzene rings is 2. The number of nitrogens with zero attached hydrogens (tertiary/aromatic N) is 2. The maximum atomic E-state index is 13.5. The summed E-state index contributed by atoms with van der Waals surface area (Å²) in [5.41, 5.74) is 2.99. The normalized spacial score (nSPS) is 22.3. The Balaban J connectivity index is 1.56. The number of fused-ring (bicyclic) bond motifs is 1. The number of imide groups is 1. The molecule has 4 atom stereocenters. The lowest BCUT2D eigenvalue weighted by atomic mass is 9.68. The summed E-state index contributed by atoms with van der Waals surface area (Å²) in [6.07, 6.45) is 2.82. The largest absolute Gasteiger partial charge is 0.508 e. The molecule has 0 unspecified atom stereocenters. The highest BCUT2D eigenvalue weighted by molar-refractivity contribution is 6.32. The second-order valence-electron chi connectivity index (χ2n) is 10.1. The quantitative estimate of drug-likeness (QED) is 0.171. The van der Waals surface area contributed by atoms with Gasteiger partial charge in [0, 0.05) is 18.1 Å². The summed E-state index contributed by atoms with van der Waals surface area (Å²) in [6.45, 7) is 3.37. The monoisotopic (exact) mass is 554 g/mol. The molecule has 39 heavy (non-hydrogen) atoms. The van der Waals surface area contributed by atoms with Crippen LogP contribution in [-0.2, 0) is 9.59 Å². The first-order valence-corrected chi connectivity index (χ1v) is 13.2. The number of rotatable bonds is 9. The fourth-order valence-corrected chi connectivity index (χ4v) is 6.03. The number of nitro groups is 1. The van der Waals surface area contributed by atoms with Crippen molar-refractivity contribution < 1.29 is 29.8 Å². The first-order chi connectivity index (χ1) is 18.6. The van der Waals surface area contributed by atoms with E-state index >= 15 is 0 Å². The Bertz CT molecular complexity index is 1370. The summed E-state index contributed by atoms with van der Waals surface area (Å²) < 4.78 is 0. The number of carbonyl (C=O) groups excluding carboxylic acids is 2. The Morgan fingerprint density at radius 2 is 1.97 bits per heavy atom. The smallest absolute Gasteiger partial charge is 0.271 e. The number of phenols is 1. The van der Waals surface area contributed by atoms with Crippen LogP contribution in [0.1, 0.15) is 45.1 Å². The number of aromatic hydroxyl groups is 1. The number of non-ortho nitro benzene ring substituents is 1. The van der Waals surface area contributed by atoms with Crippen molar-refractivity contribution in [3.8, 4) is 5.75 Å². The zero-order chi connectivity index (χ0) is 28.4. The van der Waals surface area contributed by atoms with E-state index in [2.05, 4.69) is 0 Å². The predicted molar refractivity (Wildman–Crippen MR) is 147 cm³/mol. The van der Waals surface area contributed by atoms with Crippen molar-refractivity contribution in [3.63, 3.8) is 0 Å². The SMILES string of the molecule is CC/C(=C\c1ccc(O)cc1Cl)CC[C@@H](O)C1=C(C)C[C@H]2C(=O)N(c3cccc([N+](=O)[O-])c3)C(=O)[C@H]2[C@H]1CO. The second kappa shape index (κ2) is 11.7. The Kier molecular flexibility index (Phi) is 8.54. The van der Waals surface area contributed by atoms with Crippen LogP contribution in [0.4, 0.5) is 11.4 Å². The van der Waals surface area contributed by atoms with Gasteiger partial charge in [-0.05, 0) is 68.0 Å². The lowest BCUT2D eigenvalue weighted by Crippen LogP contribution is -2.38. The maximum absolute atomic E-state index is 13.5. The average Bonchev–Trinajstić information content (AvgIpc) is 3.15. The van der Waals surface area contributed by atoms with E-state index in [-0.39, 0.29) is 23.5 Å². The number of allylic oxidation sites excluding steroid dienone is 2. The van der Waals surface area contributed by atoms with Gasteiger partial charge in [0.2, 0.25) is 11.8 Å². The molecule has 9 nitrogen and oxygen atoms in total. The molecule has 10 heteroatoms. The Hall–Kier alpha value is -3.53. The summed E-state index contributed by atoms with van der Waals surface area (Å²) in [6, 6.07) is 10.1. The number of phenolic OH excluding ortho intramolecular Hbond substituents is 1. The third-order valence-corrected chi connectivity index (χ3v) is 8.05. The van der Waals surface area contributed by atoms with E-state index in [0.717, 1.165) is 21.6 Å². The van der Waals surface area contributed by atoms with Gasteiger partial charge in [0.05, 0.1) is 40.2 Å². The third kappa shape index (κ3) is 5.61. The molecule has 206 valence electrons. The number of nitro benzene ring substituents is 1. The van der Waals surface area contributed by atoms with E-state index in [1.165, 1.54) is 30.3 Å². The molecule has 2 aromatic carbocycles. The van der Waals surface area contributed by atoms with Gasteiger partial charge in [-0.3, -0.25) is 19.7 Å². The number of aliphatic hydroxyl groups excluding tert-OH is 2. The minimum atomic E-state index is -0.942. The number of amides is 2. The van der Waals surface area contributed by atoms with Crippen molar-refractivity contribution in [2.75, 3.05) is 11.5 Å². The molecule has 2 amide bonds. The van der Waals surface area contributed by atoms with Gasteiger partial charge in [-0.15, -0.1) is 0 Å². The number of aliphatic hydroxyl groups is 2. The number of anilines is 1. The molecule has 2 aromatic rings. The summed E-state index contributed by atoms with van der Waals surface area (Å²) in [4.78, 5) is 38.5. The van der Waals surface area contributed by atoms with Crippen molar-refractivity contribution in [1.29, 1.82) is 0 Å². The number of hydrogen-bond acceptors (Lipinski definition) is 7. The fourth-order valence-electron chi connectivity index (χ4n) is 5.80. The first-order valence-electron chi connectivity index (χ1n) is 12.9. The Morgan fingerprint density at radius 1 is 1.23 bits per heavy atom. The van der Waals surface area contributed by atoms with Crippen LogP contribution >= 0.6 is 11.6 Å². The van der Waals surface area contributed by atoms with Gasteiger partial charge < -0.3 is 15.3 Å². The predicted octanol–water partition coefficient (Wildman–Crippen LogP) is 5.02. The standard InChI is InChI=1S/C29H31ClN2O7/c1-3-17(12-18-8-9-21(34)14-24(18)30)7-10-25(35)26-16(2)11-22-27(23(26)15-33)29(37)31(28(22)36)19-5-4-6-20(13-19)32(38)39/h4-6,8-9,12-14,22-23,25,27,33-35H,3,7,10-11,15H2,1-2H3/b17-12+/t22-,23+,25-,27-/m1/s1. The molecule has 1 aliphatic heterocycles. The molecule has 1 saturated heterocycles.